The fourth-order valence-corrected chi connectivity index (χ4v) is 3.53. The molecule has 8 heteroatoms. The van der Waals surface area contributed by atoms with E-state index >= 15 is 0 Å². The largest absolute Gasteiger partial charge is 0.396 e. The van der Waals surface area contributed by atoms with Crippen LogP contribution >= 0.6 is 11.3 Å². The Morgan fingerprint density at radius 2 is 2.00 bits per heavy atom. The monoisotopic (exact) mass is 318 g/mol. The summed E-state index contributed by atoms with van der Waals surface area (Å²) in [5, 5.41) is 3.60. The maximum Gasteiger partial charge on any atom is 0.246 e. The standard InChI is InChI=1S/C12H12F2N2O2S2/c1-16(6-8-2-3-19-7-8)20(17,18)12-5-11(15)9(13)4-10(12)14/h2-5,7H,6,15H2,1H3. The smallest absolute Gasteiger partial charge is 0.246 e. The molecule has 0 saturated heterocycles. The minimum absolute atomic E-state index is 0.0998. The Morgan fingerprint density at radius 1 is 1.30 bits per heavy atom. The Morgan fingerprint density at radius 3 is 2.60 bits per heavy atom. The number of nitrogen functional groups attached to an aromatic ring is 1. The van der Waals surface area contributed by atoms with E-state index in [1.807, 2.05) is 5.38 Å². The summed E-state index contributed by atoms with van der Waals surface area (Å²) in [6, 6.07) is 3.04. The molecule has 1 aromatic heterocycles. The van der Waals surface area contributed by atoms with Crippen LogP contribution in [0.5, 0.6) is 0 Å². The van der Waals surface area contributed by atoms with Crippen molar-refractivity contribution in [3.05, 3.63) is 46.2 Å². The molecule has 0 unspecified atom stereocenters. The second-order valence-electron chi connectivity index (χ2n) is 4.20. The summed E-state index contributed by atoms with van der Waals surface area (Å²) in [6.07, 6.45) is 0. The van der Waals surface area contributed by atoms with Gasteiger partial charge in [-0.05, 0) is 28.5 Å². The molecule has 2 rings (SSSR count). The summed E-state index contributed by atoms with van der Waals surface area (Å²) in [5.41, 5.74) is 5.68. The van der Waals surface area contributed by atoms with Gasteiger partial charge in [-0.2, -0.15) is 15.6 Å². The molecular formula is C12H12F2N2O2S2. The van der Waals surface area contributed by atoms with E-state index < -0.39 is 32.2 Å². The molecule has 108 valence electrons. The van der Waals surface area contributed by atoms with E-state index in [0.29, 0.717) is 6.07 Å². The highest BCUT2D eigenvalue weighted by Crippen LogP contribution is 2.24. The summed E-state index contributed by atoms with van der Waals surface area (Å²) < 4.78 is 52.2. The first-order chi connectivity index (χ1) is 9.32. The summed E-state index contributed by atoms with van der Waals surface area (Å²) in [5.74, 6) is -2.14. The highest BCUT2D eigenvalue weighted by Gasteiger charge is 2.26. The third-order valence-corrected chi connectivity index (χ3v) is 5.28. The molecule has 0 spiro atoms. The number of anilines is 1. The van der Waals surface area contributed by atoms with Crippen molar-refractivity contribution in [1.29, 1.82) is 0 Å². The third kappa shape index (κ3) is 2.82. The molecule has 20 heavy (non-hydrogen) atoms. The van der Waals surface area contributed by atoms with Crippen LogP contribution in [0.3, 0.4) is 0 Å². The Balaban J connectivity index is 2.37. The molecule has 2 N–H and O–H groups in total. The van der Waals surface area contributed by atoms with Gasteiger partial charge >= 0.3 is 0 Å². The van der Waals surface area contributed by atoms with Gasteiger partial charge in [-0.1, -0.05) is 0 Å². The second kappa shape index (κ2) is 5.47. The SMILES string of the molecule is CN(Cc1ccsc1)S(=O)(=O)c1cc(N)c(F)cc1F. The fraction of sp³-hybridized carbons (Fsp3) is 0.167. The van der Waals surface area contributed by atoms with Crippen LogP contribution in [0.4, 0.5) is 14.5 Å². The van der Waals surface area contributed by atoms with Gasteiger partial charge < -0.3 is 5.73 Å². The number of hydrogen-bond acceptors (Lipinski definition) is 4. The molecule has 0 bridgehead atoms. The van der Waals surface area contributed by atoms with E-state index in [4.69, 9.17) is 5.73 Å². The number of sulfonamides is 1. The van der Waals surface area contributed by atoms with Gasteiger partial charge in [0.25, 0.3) is 0 Å². The molecule has 0 aliphatic carbocycles. The van der Waals surface area contributed by atoms with Crippen molar-refractivity contribution in [3.8, 4) is 0 Å². The molecule has 0 atom stereocenters. The van der Waals surface area contributed by atoms with Crippen molar-refractivity contribution in [2.45, 2.75) is 11.4 Å². The topological polar surface area (TPSA) is 63.4 Å². The first kappa shape index (κ1) is 14.9. The number of nitrogens with two attached hydrogens (primary N) is 1. The van der Waals surface area contributed by atoms with Crippen molar-refractivity contribution >= 4 is 27.0 Å². The van der Waals surface area contributed by atoms with E-state index in [-0.39, 0.29) is 6.54 Å². The van der Waals surface area contributed by atoms with Crippen molar-refractivity contribution in [3.63, 3.8) is 0 Å². The average molecular weight is 318 g/mol. The van der Waals surface area contributed by atoms with Crippen molar-refractivity contribution < 1.29 is 17.2 Å². The molecule has 0 aliphatic heterocycles. The Labute approximate surface area is 119 Å². The molecule has 1 heterocycles. The van der Waals surface area contributed by atoms with Crippen molar-refractivity contribution in [2.75, 3.05) is 12.8 Å². The van der Waals surface area contributed by atoms with Crippen molar-refractivity contribution in [1.82, 2.24) is 4.31 Å². The van der Waals surface area contributed by atoms with E-state index in [2.05, 4.69) is 0 Å². The highest BCUT2D eigenvalue weighted by atomic mass is 32.2. The van der Waals surface area contributed by atoms with Gasteiger partial charge in [0.05, 0.1) is 5.69 Å². The van der Waals surface area contributed by atoms with Crippen LogP contribution in [0.25, 0.3) is 0 Å². The normalized spacial score (nSPS) is 12.0. The van der Waals surface area contributed by atoms with E-state index in [0.717, 1.165) is 15.9 Å². The zero-order valence-corrected chi connectivity index (χ0v) is 12.1. The highest BCUT2D eigenvalue weighted by molar-refractivity contribution is 7.89. The number of hydrogen-bond donors (Lipinski definition) is 1. The van der Waals surface area contributed by atoms with Crippen LogP contribution in [0.15, 0.2) is 33.9 Å². The van der Waals surface area contributed by atoms with Crippen LogP contribution in [-0.2, 0) is 16.6 Å². The molecule has 0 aliphatic rings. The van der Waals surface area contributed by atoms with Crippen LogP contribution in [0.1, 0.15) is 5.56 Å². The lowest BCUT2D eigenvalue weighted by Gasteiger charge is -2.17. The van der Waals surface area contributed by atoms with Crippen LogP contribution < -0.4 is 5.73 Å². The van der Waals surface area contributed by atoms with E-state index in [9.17, 15) is 17.2 Å². The molecule has 0 saturated carbocycles. The summed E-state index contributed by atoms with van der Waals surface area (Å²) in [6.45, 7) is 0.0998. The van der Waals surface area contributed by atoms with Crippen molar-refractivity contribution in [2.24, 2.45) is 0 Å². The van der Waals surface area contributed by atoms with E-state index in [1.54, 1.807) is 11.4 Å². The number of rotatable bonds is 4. The number of halogens is 2. The predicted molar refractivity (Wildman–Crippen MR) is 73.7 cm³/mol. The van der Waals surface area contributed by atoms with Gasteiger partial charge in [0.15, 0.2) is 0 Å². The minimum atomic E-state index is -4.07. The lowest BCUT2D eigenvalue weighted by Crippen LogP contribution is -2.27. The first-order valence-corrected chi connectivity index (χ1v) is 7.92. The van der Waals surface area contributed by atoms with Crippen LogP contribution in [0, 0.1) is 11.6 Å². The predicted octanol–water partition coefficient (Wildman–Crippen LogP) is 2.43. The van der Waals surface area contributed by atoms with Crippen LogP contribution in [0.2, 0.25) is 0 Å². The average Bonchev–Trinajstić information content (AvgIpc) is 2.86. The lowest BCUT2D eigenvalue weighted by molar-refractivity contribution is 0.459. The van der Waals surface area contributed by atoms with E-state index in [1.165, 1.54) is 18.4 Å². The maximum absolute atomic E-state index is 13.7. The van der Waals surface area contributed by atoms with Crippen LogP contribution in [-0.4, -0.2) is 19.8 Å². The number of thiophene rings is 1. The quantitative estimate of drug-likeness (QED) is 0.881. The van der Waals surface area contributed by atoms with Gasteiger partial charge in [0.1, 0.15) is 16.5 Å². The lowest BCUT2D eigenvalue weighted by atomic mass is 10.3. The Hall–Kier alpha value is -1.51. The third-order valence-electron chi connectivity index (χ3n) is 2.72. The van der Waals surface area contributed by atoms with Gasteiger partial charge in [-0.3, -0.25) is 0 Å². The minimum Gasteiger partial charge on any atom is -0.396 e. The Kier molecular flexibility index (Phi) is 4.07. The zero-order chi connectivity index (χ0) is 14.9. The zero-order valence-electron chi connectivity index (χ0n) is 10.5. The molecule has 0 radical (unpaired) electrons. The molecule has 0 fully saturated rings. The number of benzene rings is 1. The number of nitrogens with zero attached hydrogens (tertiary/aromatic N) is 1. The molecular weight excluding hydrogens is 306 g/mol. The summed E-state index contributed by atoms with van der Waals surface area (Å²) >= 11 is 1.43. The van der Waals surface area contributed by atoms with Gasteiger partial charge in [-0.25, -0.2) is 17.2 Å². The van der Waals surface area contributed by atoms with Gasteiger partial charge in [0.2, 0.25) is 10.0 Å². The molecule has 0 amide bonds. The Bertz CT molecular complexity index is 715. The molecule has 1 aromatic carbocycles. The van der Waals surface area contributed by atoms with Gasteiger partial charge in [-0.15, -0.1) is 0 Å². The fourth-order valence-electron chi connectivity index (χ4n) is 1.64. The molecule has 2 aromatic rings. The maximum atomic E-state index is 13.7. The molecule has 4 nitrogen and oxygen atoms in total. The summed E-state index contributed by atoms with van der Waals surface area (Å²) in [7, 11) is -2.74. The van der Waals surface area contributed by atoms with Gasteiger partial charge in [0, 0.05) is 19.7 Å². The second-order valence-corrected chi connectivity index (χ2v) is 6.99. The summed E-state index contributed by atoms with van der Waals surface area (Å²) in [4.78, 5) is -0.630. The first-order valence-electron chi connectivity index (χ1n) is 5.54.